The molecule has 0 radical (unpaired) electrons. The maximum Gasteiger partial charge on any atom is 0.280 e. The van der Waals surface area contributed by atoms with Crippen molar-refractivity contribution < 1.29 is 13.6 Å². The molecule has 7 heteroatoms. The first kappa shape index (κ1) is 17.6. The Balaban J connectivity index is 1.75. The first-order chi connectivity index (χ1) is 10.4. The van der Waals surface area contributed by atoms with Crippen molar-refractivity contribution in [1.29, 1.82) is 0 Å². The monoisotopic (exact) mass is 318 g/mol. The Kier molecular flexibility index (Phi) is 6.11. The Labute approximate surface area is 131 Å². The van der Waals surface area contributed by atoms with Crippen molar-refractivity contribution in [1.82, 2.24) is 20.0 Å². The Hall–Kier alpha value is -0.790. The van der Waals surface area contributed by atoms with Gasteiger partial charge in [0.15, 0.2) is 0 Å². The lowest BCUT2D eigenvalue weighted by Crippen LogP contribution is -2.59. The lowest BCUT2D eigenvalue weighted by Gasteiger charge is -2.40. The second-order valence-corrected chi connectivity index (χ2v) is 6.44. The summed E-state index contributed by atoms with van der Waals surface area (Å²) in [6.45, 7) is 7.67. The van der Waals surface area contributed by atoms with Gasteiger partial charge in [0.2, 0.25) is 5.91 Å². The predicted molar refractivity (Wildman–Crippen MR) is 82.2 cm³/mol. The van der Waals surface area contributed by atoms with Crippen LogP contribution >= 0.6 is 0 Å². The second kappa shape index (κ2) is 7.66. The van der Waals surface area contributed by atoms with Crippen LogP contribution in [0.4, 0.5) is 8.78 Å². The standard InChI is InChI=1S/C15H28F2N4O/c1-3-14(22)18-13-4-5-21(12-15(13,16)17)11-10-20-8-6-19(2)7-9-20/h13H,3-12H2,1-2H3,(H,18,22). The summed E-state index contributed by atoms with van der Waals surface area (Å²) in [6, 6.07) is -1.01. The minimum atomic E-state index is -2.84. The van der Waals surface area contributed by atoms with E-state index < -0.39 is 12.0 Å². The van der Waals surface area contributed by atoms with Gasteiger partial charge in [0.1, 0.15) is 0 Å². The molecule has 1 N–H and O–H groups in total. The highest BCUT2D eigenvalue weighted by molar-refractivity contribution is 5.76. The first-order valence-corrected chi connectivity index (χ1v) is 8.21. The van der Waals surface area contributed by atoms with E-state index in [1.54, 1.807) is 6.92 Å². The Bertz CT molecular complexity index is 373. The predicted octanol–water partition coefficient (Wildman–Crippen LogP) is 0.470. The molecule has 2 saturated heterocycles. The van der Waals surface area contributed by atoms with Crippen LogP contribution in [-0.4, -0.2) is 92.0 Å². The molecule has 2 heterocycles. The number of hydrogen-bond acceptors (Lipinski definition) is 4. The summed E-state index contributed by atoms with van der Waals surface area (Å²) in [5.74, 6) is -3.14. The summed E-state index contributed by atoms with van der Waals surface area (Å²) >= 11 is 0. The third-order valence-electron chi connectivity index (χ3n) is 4.66. The number of alkyl halides is 2. The number of piperazine rings is 1. The number of carbonyl (C=O) groups excluding carboxylic acids is 1. The van der Waals surface area contributed by atoms with E-state index in [9.17, 15) is 13.6 Å². The highest BCUT2D eigenvalue weighted by atomic mass is 19.3. The molecule has 0 bridgehead atoms. The average molecular weight is 318 g/mol. The fourth-order valence-electron chi connectivity index (χ4n) is 3.03. The van der Waals surface area contributed by atoms with E-state index in [4.69, 9.17) is 0 Å². The van der Waals surface area contributed by atoms with E-state index in [2.05, 4.69) is 22.2 Å². The fraction of sp³-hybridized carbons (Fsp3) is 0.933. The van der Waals surface area contributed by atoms with E-state index in [-0.39, 0.29) is 18.9 Å². The van der Waals surface area contributed by atoms with Crippen molar-refractivity contribution in [3.05, 3.63) is 0 Å². The number of piperidine rings is 1. The second-order valence-electron chi connectivity index (χ2n) is 6.44. The van der Waals surface area contributed by atoms with Crippen LogP contribution in [-0.2, 0) is 4.79 Å². The van der Waals surface area contributed by atoms with Crippen molar-refractivity contribution in [2.24, 2.45) is 0 Å². The van der Waals surface area contributed by atoms with Gasteiger partial charge in [0, 0.05) is 52.2 Å². The molecule has 0 aliphatic carbocycles. The van der Waals surface area contributed by atoms with E-state index in [1.165, 1.54) is 0 Å². The summed E-state index contributed by atoms with van der Waals surface area (Å²) in [6.07, 6.45) is 0.571. The molecule has 2 aliphatic heterocycles. The summed E-state index contributed by atoms with van der Waals surface area (Å²) in [5, 5.41) is 2.46. The van der Waals surface area contributed by atoms with Gasteiger partial charge in [-0.05, 0) is 13.5 Å². The molecule has 1 amide bonds. The number of likely N-dealkylation sites (N-methyl/N-ethyl adjacent to an activating group) is 1. The fourth-order valence-corrected chi connectivity index (χ4v) is 3.03. The quantitative estimate of drug-likeness (QED) is 0.800. The van der Waals surface area contributed by atoms with Gasteiger partial charge in [0.05, 0.1) is 12.6 Å². The molecule has 0 aromatic carbocycles. The number of nitrogens with zero attached hydrogens (tertiary/aromatic N) is 3. The maximum atomic E-state index is 14.2. The summed E-state index contributed by atoms with van der Waals surface area (Å²) in [7, 11) is 2.10. The third-order valence-corrected chi connectivity index (χ3v) is 4.66. The van der Waals surface area contributed by atoms with Crippen molar-refractivity contribution in [2.75, 3.05) is 59.4 Å². The van der Waals surface area contributed by atoms with Crippen molar-refractivity contribution >= 4 is 5.91 Å². The number of halogens is 2. The van der Waals surface area contributed by atoms with Gasteiger partial charge in [-0.25, -0.2) is 8.78 Å². The van der Waals surface area contributed by atoms with Crippen molar-refractivity contribution in [2.45, 2.75) is 31.7 Å². The molecule has 128 valence electrons. The van der Waals surface area contributed by atoms with E-state index in [0.717, 1.165) is 32.7 Å². The zero-order valence-corrected chi connectivity index (χ0v) is 13.7. The molecule has 0 aromatic heterocycles. The lowest BCUT2D eigenvalue weighted by atomic mass is 10.0. The Morgan fingerprint density at radius 3 is 2.36 bits per heavy atom. The summed E-state index contributed by atoms with van der Waals surface area (Å²) < 4.78 is 28.3. The Morgan fingerprint density at radius 1 is 1.14 bits per heavy atom. The summed E-state index contributed by atoms with van der Waals surface area (Å²) in [5.41, 5.74) is 0. The normalized spacial score (nSPS) is 27.7. The van der Waals surface area contributed by atoms with Crippen LogP contribution in [0.5, 0.6) is 0 Å². The number of likely N-dealkylation sites (tertiary alicyclic amines) is 1. The molecule has 22 heavy (non-hydrogen) atoms. The summed E-state index contributed by atoms with van der Waals surface area (Å²) in [4.78, 5) is 17.8. The van der Waals surface area contributed by atoms with Gasteiger partial charge in [-0.2, -0.15) is 0 Å². The number of hydrogen-bond donors (Lipinski definition) is 1. The minimum Gasteiger partial charge on any atom is -0.347 e. The first-order valence-electron chi connectivity index (χ1n) is 8.21. The number of carbonyl (C=O) groups is 1. The van der Waals surface area contributed by atoms with E-state index >= 15 is 0 Å². The smallest absolute Gasteiger partial charge is 0.280 e. The van der Waals surface area contributed by atoms with E-state index in [1.807, 2.05) is 4.90 Å². The molecule has 2 aliphatic rings. The topological polar surface area (TPSA) is 38.8 Å². The number of nitrogens with one attached hydrogen (secondary N) is 1. The molecule has 2 rings (SSSR count). The van der Waals surface area contributed by atoms with Crippen molar-refractivity contribution in [3.63, 3.8) is 0 Å². The molecule has 0 aromatic rings. The number of rotatable bonds is 5. The van der Waals surface area contributed by atoms with Crippen LogP contribution in [0, 0.1) is 0 Å². The van der Waals surface area contributed by atoms with Gasteiger partial charge in [0.25, 0.3) is 5.92 Å². The van der Waals surface area contributed by atoms with E-state index in [0.29, 0.717) is 19.5 Å². The highest BCUT2D eigenvalue weighted by Gasteiger charge is 2.45. The van der Waals surface area contributed by atoms with Crippen LogP contribution in [0.3, 0.4) is 0 Å². The highest BCUT2D eigenvalue weighted by Crippen LogP contribution is 2.27. The molecular weight excluding hydrogens is 290 g/mol. The minimum absolute atomic E-state index is 0.250. The van der Waals surface area contributed by atoms with Gasteiger partial charge in [-0.3, -0.25) is 14.6 Å². The molecule has 0 saturated carbocycles. The Morgan fingerprint density at radius 2 is 1.77 bits per heavy atom. The van der Waals surface area contributed by atoms with Gasteiger partial charge < -0.3 is 10.2 Å². The van der Waals surface area contributed by atoms with Gasteiger partial charge in [-0.15, -0.1) is 0 Å². The molecule has 0 spiro atoms. The zero-order chi connectivity index (χ0) is 16.2. The average Bonchev–Trinajstić information content (AvgIpc) is 2.48. The van der Waals surface area contributed by atoms with Gasteiger partial charge >= 0.3 is 0 Å². The largest absolute Gasteiger partial charge is 0.347 e. The molecular formula is C15H28F2N4O. The van der Waals surface area contributed by atoms with Crippen LogP contribution in [0.1, 0.15) is 19.8 Å². The van der Waals surface area contributed by atoms with Crippen molar-refractivity contribution in [3.8, 4) is 0 Å². The molecule has 2 fully saturated rings. The molecule has 1 unspecified atom stereocenters. The zero-order valence-electron chi connectivity index (χ0n) is 13.7. The number of amides is 1. The SMILES string of the molecule is CCC(=O)NC1CCN(CCN2CCN(C)CC2)CC1(F)F. The van der Waals surface area contributed by atoms with Crippen LogP contribution in [0.2, 0.25) is 0 Å². The molecule has 1 atom stereocenters. The van der Waals surface area contributed by atoms with Crippen LogP contribution in [0.25, 0.3) is 0 Å². The maximum absolute atomic E-state index is 14.2. The lowest BCUT2D eigenvalue weighted by molar-refractivity contribution is -0.130. The molecule has 5 nitrogen and oxygen atoms in total. The third kappa shape index (κ3) is 4.86. The van der Waals surface area contributed by atoms with Crippen LogP contribution < -0.4 is 5.32 Å². The van der Waals surface area contributed by atoms with Crippen LogP contribution in [0.15, 0.2) is 0 Å². The van der Waals surface area contributed by atoms with Gasteiger partial charge in [-0.1, -0.05) is 6.92 Å².